The van der Waals surface area contributed by atoms with Crippen LogP contribution in [0.1, 0.15) is 0 Å². The van der Waals surface area contributed by atoms with E-state index in [9.17, 15) is 0 Å². The number of hydrogen-bond donors (Lipinski definition) is 1. The number of nitrogen functional groups attached to an aromatic ring is 1. The van der Waals surface area contributed by atoms with Crippen LogP contribution in [0.4, 0.5) is 5.95 Å². The normalized spacial score (nSPS) is 10.8. The van der Waals surface area contributed by atoms with Gasteiger partial charge in [-0.05, 0) is 34.7 Å². The van der Waals surface area contributed by atoms with Crippen molar-refractivity contribution in [3.05, 3.63) is 34.2 Å². The molecule has 0 atom stereocenters. The molecule has 0 spiro atoms. The molecule has 0 saturated heterocycles. The Bertz CT molecular complexity index is 755. The maximum absolute atomic E-state index is 6.00. The van der Waals surface area contributed by atoms with Gasteiger partial charge in [0.1, 0.15) is 6.33 Å². The monoisotopic (exact) mass is 367 g/mol. The number of methoxy groups -OCH3 is 1. The predicted octanol–water partition coefficient (Wildman–Crippen LogP) is 2.01. The second-order valence-electron chi connectivity index (χ2n) is 3.81. The Morgan fingerprint density at radius 2 is 2.05 bits per heavy atom. The second kappa shape index (κ2) is 4.65. The number of benzene rings is 1. The zero-order valence-electron chi connectivity index (χ0n) is 10.0. The molecule has 3 rings (SSSR count). The number of anilines is 1. The minimum absolute atomic E-state index is 0.359. The molecule has 0 aliphatic rings. The van der Waals surface area contributed by atoms with Crippen LogP contribution in [-0.2, 0) is 0 Å². The van der Waals surface area contributed by atoms with Crippen LogP contribution < -0.4 is 10.5 Å². The van der Waals surface area contributed by atoms with Gasteiger partial charge < -0.3 is 10.5 Å². The zero-order chi connectivity index (χ0) is 13.4. The number of ether oxygens (including phenoxy) is 1. The fourth-order valence-corrected chi connectivity index (χ4v) is 2.54. The molecule has 0 radical (unpaired) electrons. The molecule has 7 heteroatoms. The van der Waals surface area contributed by atoms with Crippen LogP contribution in [0.5, 0.6) is 5.88 Å². The number of halogens is 1. The van der Waals surface area contributed by atoms with Gasteiger partial charge in [-0.2, -0.15) is 4.98 Å². The number of rotatable bonds is 2. The van der Waals surface area contributed by atoms with Gasteiger partial charge in [-0.25, -0.2) is 9.97 Å². The minimum Gasteiger partial charge on any atom is -0.479 e. The lowest BCUT2D eigenvalue weighted by molar-refractivity contribution is 0.401. The van der Waals surface area contributed by atoms with Crippen molar-refractivity contribution in [3.63, 3.8) is 0 Å². The molecule has 3 aromatic rings. The number of nitrogens with zero attached hydrogens (tertiary/aromatic N) is 4. The number of hydrogen-bond acceptors (Lipinski definition) is 5. The van der Waals surface area contributed by atoms with E-state index in [0.29, 0.717) is 23.0 Å². The smallest absolute Gasteiger partial charge is 0.245 e. The van der Waals surface area contributed by atoms with E-state index >= 15 is 0 Å². The molecule has 1 aromatic carbocycles. The van der Waals surface area contributed by atoms with Gasteiger partial charge in [-0.1, -0.05) is 12.1 Å². The fourth-order valence-electron chi connectivity index (χ4n) is 1.91. The summed E-state index contributed by atoms with van der Waals surface area (Å²) in [6.45, 7) is 0. The Hall–Kier alpha value is -1.90. The Morgan fingerprint density at radius 3 is 2.79 bits per heavy atom. The molecular formula is C12H10IN5O. The van der Waals surface area contributed by atoms with Crippen LogP contribution in [0.2, 0.25) is 0 Å². The molecule has 96 valence electrons. The van der Waals surface area contributed by atoms with E-state index < -0.39 is 0 Å². The van der Waals surface area contributed by atoms with Crippen molar-refractivity contribution in [1.82, 2.24) is 19.5 Å². The first-order valence-corrected chi connectivity index (χ1v) is 6.58. The average Bonchev–Trinajstić information content (AvgIpc) is 2.75. The summed E-state index contributed by atoms with van der Waals surface area (Å²) >= 11 is 2.25. The summed E-state index contributed by atoms with van der Waals surface area (Å²) in [5, 5.41) is 0. The zero-order valence-corrected chi connectivity index (χ0v) is 12.2. The van der Waals surface area contributed by atoms with E-state index in [1.165, 1.54) is 6.33 Å². The molecule has 19 heavy (non-hydrogen) atoms. The molecule has 0 saturated carbocycles. The highest BCUT2D eigenvalue weighted by Crippen LogP contribution is 2.28. The largest absolute Gasteiger partial charge is 0.479 e. The lowest BCUT2D eigenvalue weighted by Crippen LogP contribution is -2.03. The first kappa shape index (κ1) is 12.2. The summed E-state index contributed by atoms with van der Waals surface area (Å²) in [7, 11) is 1.54. The maximum Gasteiger partial charge on any atom is 0.245 e. The number of fused-ring (bicyclic) bond motifs is 1. The van der Waals surface area contributed by atoms with Crippen LogP contribution in [0.25, 0.3) is 16.9 Å². The Morgan fingerprint density at radius 1 is 1.26 bits per heavy atom. The Kier molecular flexibility index (Phi) is 2.97. The van der Waals surface area contributed by atoms with Gasteiger partial charge in [0.05, 0.1) is 12.8 Å². The van der Waals surface area contributed by atoms with Gasteiger partial charge in [0.25, 0.3) is 0 Å². The summed E-state index contributed by atoms with van der Waals surface area (Å²) < 4.78 is 8.03. The summed E-state index contributed by atoms with van der Waals surface area (Å²) in [6.07, 6.45) is 1.44. The molecule has 0 unspecified atom stereocenters. The van der Waals surface area contributed by atoms with Gasteiger partial charge in [0.15, 0.2) is 11.2 Å². The number of aromatic nitrogens is 4. The summed E-state index contributed by atoms with van der Waals surface area (Å²) in [6, 6.07) is 7.88. The van der Waals surface area contributed by atoms with Crippen molar-refractivity contribution >= 4 is 39.7 Å². The van der Waals surface area contributed by atoms with Crippen LogP contribution in [0.3, 0.4) is 0 Å². The lowest BCUT2D eigenvalue weighted by atomic mass is 10.3. The van der Waals surface area contributed by atoms with Crippen LogP contribution in [0, 0.1) is 3.57 Å². The SMILES string of the molecule is COc1ncnc2c1nc(N)n2-c1ccccc1I. The van der Waals surface area contributed by atoms with Crippen LogP contribution in [0.15, 0.2) is 30.6 Å². The second-order valence-corrected chi connectivity index (χ2v) is 4.97. The Balaban J connectivity index is 2.36. The highest BCUT2D eigenvalue weighted by atomic mass is 127. The molecule has 0 aliphatic heterocycles. The third-order valence-electron chi connectivity index (χ3n) is 2.72. The van der Waals surface area contributed by atoms with E-state index in [4.69, 9.17) is 10.5 Å². The maximum atomic E-state index is 6.00. The third-order valence-corrected chi connectivity index (χ3v) is 3.64. The number of imidazole rings is 1. The standard InChI is InChI=1S/C12H10IN5O/c1-19-11-9-10(15-6-16-11)18(12(14)17-9)8-5-3-2-4-7(8)13/h2-6H,1H3,(H2,14,17). The molecule has 2 heterocycles. The molecule has 0 aliphatic carbocycles. The quantitative estimate of drug-likeness (QED) is 0.701. The number of nitrogens with two attached hydrogens (primary N) is 1. The first-order chi connectivity index (χ1) is 9.22. The van der Waals surface area contributed by atoms with E-state index in [1.54, 1.807) is 11.7 Å². The topological polar surface area (TPSA) is 78.8 Å². The highest BCUT2D eigenvalue weighted by Gasteiger charge is 2.16. The number of para-hydroxylation sites is 1. The van der Waals surface area contributed by atoms with Crippen molar-refractivity contribution in [1.29, 1.82) is 0 Å². The van der Waals surface area contributed by atoms with Crippen molar-refractivity contribution in [3.8, 4) is 11.6 Å². The van der Waals surface area contributed by atoms with E-state index in [2.05, 4.69) is 37.5 Å². The summed E-state index contributed by atoms with van der Waals surface area (Å²) in [5.74, 6) is 0.777. The van der Waals surface area contributed by atoms with Gasteiger partial charge in [0, 0.05) is 3.57 Å². The fraction of sp³-hybridized carbons (Fsp3) is 0.0833. The van der Waals surface area contributed by atoms with Crippen molar-refractivity contribution in [2.45, 2.75) is 0 Å². The molecule has 6 nitrogen and oxygen atoms in total. The molecule has 0 fully saturated rings. The lowest BCUT2D eigenvalue weighted by Gasteiger charge is -2.07. The molecule has 2 N–H and O–H groups in total. The molecule has 2 aromatic heterocycles. The van der Waals surface area contributed by atoms with Crippen LogP contribution in [-0.4, -0.2) is 26.6 Å². The van der Waals surface area contributed by atoms with Gasteiger partial charge in [-0.3, -0.25) is 4.57 Å². The molecular weight excluding hydrogens is 357 g/mol. The average molecular weight is 367 g/mol. The van der Waals surface area contributed by atoms with Crippen LogP contribution >= 0.6 is 22.6 Å². The molecule has 0 amide bonds. The van der Waals surface area contributed by atoms with E-state index in [0.717, 1.165) is 9.26 Å². The predicted molar refractivity (Wildman–Crippen MR) is 80.3 cm³/mol. The summed E-state index contributed by atoms with van der Waals surface area (Å²) in [4.78, 5) is 12.6. The summed E-state index contributed by atoms with van der Waals surface area (Å²) in [5.41, 5.74) is 8.13. The highest BCUT2D eigenvalue weighted by molar-refractivity contribution is 14.1. The van der Waals surface area contributed by atoms with Crippen molar-refractivity contribution in [2.24, 2.45) is 0 Å². The minimum atomic E-state index is 0.359. The van der Waals surface area contributed by atoms with Gasteiger partial charge in [-0.15, -0.1) is 0 Å². The van der Waals surface area contributed by atoms with Gasteiger partial charge >= 0.3 is 0 Å². The molecule has 0 bridgehead atoms. The van der Waals surface area contributed by atoms with E-state index in [1.807, 2.05) is 24.3 Å². The van der Waals surface area contributed by atoms with Crippen molar-refractivity contribution in [2.75, 3.05) is 12.8 Å². The van der Waals surface area contributed by atoms with Crippen molar-refractivity contribution < 1.29 is 4.74 Å². The third kappa shape index (κ3) is 1.89. The van der Waals surface area contributed by atoms with Gasteiger partial charge in [0.2, 0.25) is 11.8 Å². The first-order valence-electron chi connectivity index (χ1n) is 5.50. The Labute approximate surface area is 122 Å². The van der Waals surface area contributed by atoms with E-state index in [-0.39, 0.29) is 0 Å².